The summed E-state index contributed by atoms with van der Waals surface area (Å²) in [7, 11) is 0. The monoisotopic (exact) mass is 214 g/mol. The van der Waals surface area contributed by atoms with Crippen LogP contribution in [-0.2, 0) is 19.1 Å². The molecule has 1 unspecified atom stereocenters. The smallest absolute Gasteiger partial charge is 0.311 e. The molecule has 0 aromatic carbocycles. The van der Waals surface area contributed by atoms with Gasteiger partial charge in [-0.1, -0.05) is 0 Å². The van der Waals surface area contributed by atoms with Crippen LogP contribution in [0.3, 0.4) is 0 Å². The Bertz CT molecular complexity index is 277. The Morgan fingerprint density at radius 2 is 2.07 bits per heavy atom. The van der Waals surface area contributed by atoms with Crippen LogP contribution in [0, 0.1) is 5.41 Å². The minimum atomic E-state index is -0.695. The quantitative estimate of drug-likeness (QED) is 0.623. The lowest BCUT2D eigenvalue weighted by Gasteiger charge is -2.34. The highest BCUT2D eigenvalue weighted by atomic mass is 16.6. The highest BCUT2D eigenvalue weighted by Gasteiger charge is 2.38. The highest BCUT2D eigenvalue weighted by molar-refractivity contribution is 5.77. The van der Waals surface area contributed by atoms with Crippen molar-refractivity contribution in [1.82, 2.24) is 0 Å². The molecule has 0 N–H and O–H groups in total. The Balaban J connectivity index is 2.64. The van der Waals surface area contributed by atoms with Gasteiger partial charge in [0.1, 0.15) is 5.60 Å². The standard InChI is InChI=1S/C11H18O4/c1-10(2,3)9(13)15-11(4)5-6-14-8(12)7-11/h5-7H2,1-4H3. The van der Waals surface area contributed by atoms with Gasteiger partial charge in [-0.2, -0.15) is 0 Å². The van der Waals surface area contributed by atoms with E-state index in [0.29, 0.717) is 13.0 Å². The molecular formula is C11H18O4. The molecule has 1 fully saturated rings. The van der Waals surface area contributed by atoms with Crippen molar-refractivity contribution in [2.24, 2.45) is 5.41 Å². The van der Waals surface area contributed by atoms with Crippen molar-refractivity contribution in [3.05, 3.63) is 0 Å². The van der Waals surface area contributed by atoms with Gasteiger partial charge in [-0.05, 0) is 27.7 Å². The molecule has 0 aromatic rings. The molecule has 1 aliphatic heterocycles. The van der Waals surface area contributed by atoms with Crippen LogP contribution < -0.4 is 0 Å². The zero-order valence-corrected chi connectivity index (χ0v) is 9.75. The van der Waals surface area contributed by atoms with Gasteiger partial charge in [0.2, 0.25) is 0 Å². The number of hydrogen-bond acceptors (Lipinski definition) is 4. The second-order valence-corrected chi connectivity index (χ2v) is 5.24. The van der Waals surface area contributed by atoms with Gasteiger partial charge < -0.3 is 9.47 Å². The van der Waals surface area contributed by atoms with E-state index in [1.807, 2.05) is 0 Å². The molecule has 15 heavy (non-hydrogen) atoms. The van der Waals surface area contributed by atoms with Crippen molar-refractivity contribution >= 4 is 11.9 Å². The van der Waals surface area contributed by atoms with E-state index in [1.165, 1.54) is 0 Å². The largest absolute Gasteiger partial charge is 0.465 e. The lowest BCUT2D eigenvalue weighted by Crippen LogP contribution is -2.42. The van der Waals surface area contributed by atoms with E-state index < -0.39 is 11.0 Å². The van der Waals surface area contributed by atoms with E-state index in [-0.39, 0.29) is 18.4 Å². The summed E-state index contributed by atoms with van der Waals surface area (Å²) in [6, 6.07) is 0. The summed E-state index contributed by atoms with van der Waals surface area (Å²) in [5, 5.41) is 0. The number of hydrogen-bond donors (Lipinski definition) is 0. The molecule has 0 spiro atoms. The lowest BCUT2D eigenvalue weighted by molar-refractivity contribution is -0.181. The first-order valence-corrected chi connectivity index (χ1v) is 5.12. The Kier molecular flexibility index (Phi) is 3.07. The SMILES string of the molecule is CC1(OC(=O)C(C)(C)C)CCOC(=O)C1. The van der Waals surface area contributed by atoms with E-state index in [2.05, 4.69) is 0 Å². The third kappa shape index (κ3) is 3.22. The normalized spacial score (nSPS) is 27.1. The lowest BCUT2D eigenvalue weighted by atomic mass is 9.93. The zero-order chi connectivity index (χ0) is 11.7. The van der Waals surface area contributed by atoms with E-state index >= 15 is 0 Å². The molecular weight excluding hydrogens is 196 g/mol. The van der Waals surface area contributed by atoms with Crippen molar-refractivity contribution in [2.45, 2.75) is 46.1 Å². The van der Waals surface area contributed by atoms with Crippen LogP contribution in [0.25, 0.3) is 0 Å². The van der Waals surface area contributed by atoms with Crippen molar-refractivity contribution in [3.63, 3.8) is 0 Å². The van der Waals surface area contributed by atoms with E-state index in [4.69, 9.17) is 9.47 Å². The van der Waals surface area contributed by atoms with Gasteiger partial charge in [0, 0.05) is 6.42 Å². The fraction of sp³-hybridized carbons (Fsp3) is 0.818. The average Bonchev–Trinajstić information content (AvgIpc) is 2.00. The molecule has 86 valence electrons. The molecule has 0 aliphatic carbocycles. The van der Waals surface area contributed by atoms with Gasteiger partial charge >= 0.3 is 11.9 Å². The Hall–Kier alpha value is -1.06. The van der Waals surface area contributed by atoms with Crippen LogP contribution in [0.15, 0.2) is 0 Å². The molecule has 1 aliphatic rings. The van der Waals surface area contributed by atoms with E-state index in [0.717, 1.165) is 0 Å². The molecule has 0 bridgehead atoms. The molecule has 1 heterocycles. The van der Waals surface area contributed by atoms with Crippen LogP contribution in [0.1, 0.15) is 40.5 Å². The summed E-state index contributed by atoms with van der Waals surface area (Å²) < 4.78 is 10.2. The molecule has 4 nitrogen and oxygen atoms in total. The first kappa shape index (κ1) is 12.0. The molecule has 0 radical (unpaired) electrons. The first-order chi connectivity index (χ1) is 6.73. The van der Waals surface area contributed by atoms with Gasteiger partial charge in [-0.25, -0.2) is 0 Å². The minimum Gasteiger partial charge on any atom is -0.465 e. The van der Waals surface area contributed by atoms with Crippen molar-refractivity contribution < 1.29 is 19.1 Å². The molecule has 4 heteroatoms. The maximum absolute atomic E-state index is 11.7. The Morgan fingerprint density at radius 3 is 2.53 bits per heavy atom. The molecule has 0 saturated carbocycles. The molecule has 0 aromatic heterocycles. The van der Waals surface area contributed by atoms with Crippen LogP contribution in [0.2, 0.25) is 0 Å². The fourth-order valence-corrected chi connectivity index (χ4v) is 1.29. The number of esters is 2. The number of carbonyl (C=O) groups excluding carboxylic acids is 2. The summed E-state index contributed by atoms with van der Waals surface area (Å²) in [6.07, 6.45) is 0.718. The zero-order valence-electron chi connectivity index (χ0n) is 9.75. The average molecular weight is 214 g/mol. The van der Waals surface area contributed by atoms with Crippen LogP contribution in [-0.4, -0.2) is 24.1 Å². The second kappa shape index (κ2) is 3.83. The Labute approximate surface area is 89.9 Å². The highest BCUT2D eigenvalue weighted by Crippen LogP contribution is 2.28. The number of cyclic esters (lactones) is 1. The third-order valence-corrected chi connectivity index (χ3v) is 2.36. The summed E-state index contributed by atoms with van der Waals surface area (Å²) in [5.41, 5.74) is -1.23. The minimum absolute atomic E-state index is 0.148. The molecule has 0 amide bonds. The van der Waals surface area contributed by atoms with Crippen LogP contribution >= 0.6 is 0 Å². The van der Waals surface area contributed by atoms with Gasteiger partial charge in [-0.15, -0.1) is 0 Å². The van der Waals surface area contributed by atoms with E-state index in [1.54, 1.807) is 27.7 Å². The molecule has 1 saturated heterocycles. The van der Waals surface area contributed by atoms with Crippen molar-refractivity contribution in [1.29, 1.82) is 0 Å². The second-order valence-electron chi connectivity index (χ2n) is 5.24. The molecule has 1 atom stereocenters. The molecule has 1 rings (SSSR count). The predicted molar refractivity (Wildman–Crippen MR) is 54.1 cm³/mol. The maximum atomic E-state index is 11.7. The van der Waals surface area contributed by atoms with Crippen molar-refractivity contribution in [2.75, 3.05) is 6.61 Å². The number of carbonyl (C=O) groups is 2. The third-order valence-electron chi connectivity index (χ3n) is 2.36. The van der Waals surface area contributed by atoms with Crippen molar-refractivity contribution in [3.8, 4) is 0 Å². The first-order valence-electron chi connectivity index (χ1n) is 5.12. The Morgan fingerprint density at radius 1 is 1.47 bits per heavy atom. The van der Waals surface area contributed by atoms with Gasteiger partial charge in [0.25, 0.3) is 0 Å². The topological polar surface area (TPSA) is 52.6 Å². The summed E-state index contributed by atoms with van der Waals surface area (Å²) in [4.78, 5) is 22.8. The number of ether oxygens (including phenoxy) is 2. The number of rotatable bonds is 1. The fourth-order valence-electron chi connectivity index (χ4n) is 1.29. The summed E-state index contributed by atoms with van der Waals surface area (Å²) in [5.74, 6) is -0.579. The van der Waals surface area contributed by atoms with Crippen LogP contribution in [0.5, 0.6) is 0 Å². The predicted octanol–water partition coefficient (Wildman–Crippen LogP) is 1.67. The van der Waals surface area contributed by atoms with Gasteiger partial charge in [0.15, 0.2) is 0 Å². The van der Waals surface area contributed by atoms with Crippen LogP contribution in [0.4, 0.5) is 0 Å². The summed E-state index contributed by atoms with van der Waals surface area (Å²) >= 11 is 0. The van der Waals surface area contributed by atoms with Gasteiger partial charge in [0.05, 0.1) is 18.4 Å². The maximum Gasteiger partial charge on any atom is 0.311 e. The summed E-state index contributed by atoms with van der Waals surface area (Å²) in [6.45, 7) is 7.48. The van der Waals surface area contributed by atoms with E-state index in [9.17, 15) is 9.59 Å². The van der Waals surface area contributed by atoms with Gasteiger partial charge in [-0.3, -0.25) is 9.59 Å².